The highest BCUT2D eigenvalue weighted by Crippen LogP contribution is 2.24. The Morgan fingerprint density at radius 2 is 1.86 bits per heavy atom. The third-order valence-corrected chi connectivity index (χ3v) is 4.12. The molecule has 0 spiro atoms. The number of sulfonamides is 1. The van der Waals surface area contributed by atoms with Crippen molar-refractivity contribution in [3.63, 3.8) is 0 Å². The second-order valence-corrected chi connectivity index (χ2v) is 7.64. The van der Waals surface area contributed by atoms with Gasteiger partial charge in [0.05, 0.1) is 6.26 Å². The number of nitrogens with one attached hydrogen (secondary N) is 1. The second-order valence-electron chi connectivity index (χ2n) is 4.76. The molecule has 0 aliphatic heterocycles. The van der Waals surface area contributed by atoms with E-state index in [0.29, 0.717) is 23.4 Å². The molecule has 1 aromatic heterocycles. The maximum absolute atomic E-state index is 10.9. The Balaban J connectivity index is 1.98. The minimum absolute atomic E-state index is 0.324. The molecule has 0 atom stereocenters. The number of rotatable bonds is 6. The van der Waals surface area contributed by atoms with Crippen LogP contribution in [0.15, 0.2) is 27.8 Å². The number of aryl methyl sites for hydroxylation is 2. The van der Waals surface area contributed by atoms with Gasteiger partial charge in [0.25, 0.3) is 5.22 Å². The monoisotopic (exact) mass is 327 g/mol. The minimum Gasteiger partial charge on any atom is -0.411 e. The Kier molecular flexibility index (Phi) is 5.02. The molecule has 0 fully saturated rings. The third kappa shape index (κ3) is 5.14. The van der Waals surface area contributed by atoms with Crippen LogP contribution in [0, 0.1) is 13.8 Å². The molecule has 0 bridgehead atoms. The van der Waals surface area contributed by atoms with Crippen LogP contribution in [-0.2, 0) is 10.0 Å². The fourth-order valence-electron chi connectivity index (χ4n) is 1.85. The van der Waals surface area contributed by atoms with Crippen molar-refractivity contribution in [3.05, 3.63) is 29.3 Å². The highest BCUT2D eigenvalue weighted by atomic mass is 32.2. The maximum atomic E-state index is 10.9. The lowest BCUT2D eigenvalue weighted by molar-refractivity contribution is 0.466. The summed E-state index contributed by atoms with van der Waals surface area (Å²) in [5.41, 5.74) is 3.16. The van der Waals surface area contributed by atoms with Crippen molar-refractivity contribution >= 4 is 21.8 Å². The Morgan fingerprint density at radius 3 is 2.48 bits per heavy atom. The van der Waals surface area contributed by atoms with Gasteiger partial charge < -0.3 is 4.42 Å². The Hall–Kier alpha value is -1.38. The zero-order valence-electron chi connectivity index (χ0n) is 12.1. The van der Waals surface area contributed by atoms with Gasteiger partial charge in [-0.3, -0.25) is 0 Å². The molecule has 8 heteroatoms. The van der Waals surface area contributed by atoms with Crippen LogP contribution in [0.4, 0.5) is 0 Å². The van der Waals surface area contributed by atoms with Crippen molar-refractivity contribution in [2.45, 2.75) is 19.1 Å². The second kappa shape index (κ2) is 6.59. The van der Waals surface area contributed by atoms with Gasteiger partial charge >= 0.3 is 0 Å². The molecule has 0 amide bonds. The molecule has 21 heavy (non-hydrogen) atoms. The summed E-state index contributed by atoms with van der Waals surface area (Å²) in [6.07, 6.45) is 1.13. The van der Waals surface area contributed by atoms with Crippen molar-refractivity contribution in [3.8, 4) is 11.5 Å². The molecular weight excluding hydrogens is 310 g/mol. The topological polar surface area (TPSA) is 85.1 Å². The van der Waals surface area contributed by atoms with Gasteiger partial charge in [-0.2, -0.15) is 0 Å². The van der Waals surface area contributed by atoms with Crippen LogP contribution >= 0.6 is 11.8 Å². The van der Waals surface area contributed by atoms with E-state index in [1.165, 1.54) is 11.8 Å². The van der Waals surface area contributed by atoms with E-state index in [2.05, 4.69) is 21.0 Å². The smallest absolute Gasteiger partial charge is 0.276 e. The molecule has 0 saturated heterocycles. The standard InChI is InChI=1S/C13H17N3O3S2/c1-9-6-10(2)8-11(7-9)12-15-16-13(19-12)20-5-4-14-21(3,17)18/h6-8,14H,4-5H2,1-3H3. The van der Waals surface area contributed by atoms with Gasteiger partial charge in [-0.1, -0.05) is 29.0 Å². The first-order valence-electron chi connectivity index (χ1n) is 6.33. The van der Waals surface area contributed by atoms with E-state index in [-0.39, 0.29) is 0 Å². The van der Waals surface area contributed by atoms with Crippen molar-refractivity contribution in [1.29, 1.82) is 0 Å². The van der Waals surface area contributed by atoms with Crippen LogP contribution in [-0.4, -0.2) is 37.2 Å². The average Bonchev–Trinajstić information content (AvgIpc) is 2.81. The molecule has 1 N–H and O–H groups in total. The molecule has 0 aliphatic rings. The maximum Gasteiger partial charge on any atom is 0.276 e. The van der Waals surface area contributed by atoms with Gasteiger partial charge in [0, 0.05) is 17.9 Å². The first-order valence-corrected chi connectivity index (χ1v) is 9.21. The van der Waals surface area contributed by atoms with Crippen LogP contribution < -0.4 is 4.72 Å². The van der Waals surface area contributed by atoms with Crippen molar-refractivity contribution < 1.29 is 12.8 Å². The molecule has 1 aromatic carbocycles. The molecule has 0 radical (unpaired) electrons. The van der Waals surface area contributed by atoms with Gasteiger partial charge in [0.15, 0.2) is 0 Å². The van der Waals surface area contributed by atoms with E-state index >= 15 is 0 Å². The van der Waals surface area contributed by atoms with E-state index in [4.69, 9.17) is 4.42 Å². The molecule has 1 heterocycles. The number of aromatic nitrogens is 2. The van der Waals surface area contributed by atoms with Crippen LogP contribution in [0.5, 0.6) is 0 Å². The predicted molar refractivity (Wildman–Crippen MR) is 82.8 cm³/mol. The van der Waals surface area contributed by atoms with Gasteiger partial charge in [0.2, 0.25) is 15.9 Å². The van der Waals surface area contributed by atoms with Crippen LogP contribution in [0.1, 0.15) is 11.1 Å². The van der Waals surface area contributed by atoms with Crippen molar-refractivity contribution in [1.82, 2.24) is 14.9 Å². The third-order valence-electron chi connectivity index (χ3n) is 2.57. The lowest BCUT2D eigenvalue weighted by Gasteiger charge is -2.00. The van der Waals surface area contributed by atoms with Crippen LogP contribution in [0.3, 0.4) is 0 Å². The average molecular weight is 327 g/mol. The molecule has 6 nitrogen and oxygen atoms in total. The van der Waals surface area contributed by atoms with Crippen molar-refractivity contribution in [2.75, 3.05) is 18.6 Å². The zero-order valence-corrected chi connectivity index (χ0v) is 13.7. The Labute approximate surface area is 128 Å². The number of nitrogens with zero attached hydrogens (tertiary/aromatic N) is 2. The van der Waals surface area contributed by atoms with Crippen molar-refractivity contribution in [2.24, 2.45) is 0 Å². The van der Waals surface area contributed by atoms with Crippen LogP contribution in [0.25, 0.3) is 11.5 Å². The summed E-state index contributed by atoms with van der Waals surface area (Å²) in [6.45, 7) is 4.35. The van der Waals surface area contributed by atoms with Gasteiger partial charge in [-0.05, 0) is 26.0 Å². The number of hydrogen-bond donors (Lipinski definition) is 1. The van der Waals surface area contributed by atoms with Gasteiger partial charge in [-0.25, -0.2) is 13.1 Å². The summed E-state index contributed by atoms with van der Waals surface area (Å²) in [6, 6.07) is 6.05. The summed E-state index contributed by atoms with van der Waals surface area (Å²) < 4.78 is 29.8. The first-order chi connectivity index (χ1) is 9.83. The quantitative estimate of drug-likeness (QED) is 0.645. The summed E-state index contributed by atoms with van der Waals surface area (Å²) >= 11 is 1.32. The number of thioether (sulfide) groups is 1. The normalized spacial score (nSPS) is 11.8. The minimum atomic E-state index is -3.16. The van der Waals surface area contributed by atoms with E-state index in [0.717, 1.165) is 22.9 Å². The fraction of sp³-hybridized carbons (Fsp3) is 0.385. The molecule has 0 unspecified atom stereocenters. The van der Waals surface area contributed by atoms with E-state index in [1.54, 1.807) is 0 Å². The molecule has 0 saturated carbocycles. The molecule has 114 valence electrons. The van der Waals surface area contributed by atoms with Crippen LogP contribution in [0.2, 0.25) is 0 Å². The first kappa shape index (κ1) is 16.0. The van der Waals surface area contributed by atoms with E-state index in [1.807, 2.05) is 26.0 Å². The summed E-state index contributed by atoms with van der Waals surface area (Å²) in [5.74, 6) is 1.00. The molecule has 2 aromatic rings. The molecule has 0 aliphatic carbocycles. The Morgan fingerprint density at radius 1 is 1.19 bits per heavy atom. The predicted octanol–water partition coefficient (Wildman–Crippen LogP) is 1.99. The largest absolute Gasteiger partial charge is 0.411 e. The highest BCUT2D eigenvalue weighted by Gasteiger charge is 2.10. The summed E-state index contributed by atoms with van der Waals surface area (Å²) in [4.78, 5) is 0. The SMILES string of the molecule is Cc1cc(C)cc(-c2nnc(SCCNS(C)(=O)=O)o2)c1. The summed E-state index contributed by atoms with van der Waals surface area (Å²) in [7, 11) is -3.16. The number of benzene rings is 1. The fourth-order valence-corrected chi connectivity index (χ4v) is 3.07. The van der Waals surface area contributed by atoms with Gasteiger partial charge in [-0.15, -0.1) is 10.2 Å². The summed E-state index contributed by atoms with van der Waals surface area (Å²) in [5, 5.41) is 8.41. The number of hydrogen-bond acceptors (Lipinski definition) is 6. The van der Waals surface area contributed by atoms with E-state index in [9.17, 15) is 8.42 Å². The highest BCUT2D eigenvalue weighted by molar-refractivity contribution is 7.99. The van der Waals surface area contributed by atoms with Gasteiger partial charge in [0.1, 0.15) is 0 Å². The zero-order chi connectivity index (χ0) is 15.5. The lowest BCUT2D eigenvalue weighted by Crippen LogP contribution is -2.24. The Bertz CT molecular complexity index is 706. The molecular formula is C13H17N3O3S2. The van der Waals surface area contributed by atoms with E-state index < -0.39 is 10.0 Å². The lowest BCUT2D eigenvalue weighted by atomic mass is 10.1. The molecule has 2 rings (SSSR count).